The highest BCUT2D eigenvalue weighted by Gasteiger charge is 2.18. The molecule has 0 aliphatic carbocycles. The van der Waals surface area contributed by atoms with Crippen molar-refractivity contribution in [2.24, 2.45) is 7.05 Å². The maximum atomic E-state index is 12.1. The summed E-state index contributed by atoms with van der Waals surface area (Å²) >= 11 is 0. The zero-order valence-corrected chi connectivity index (χ0v) is 12.7. The summed E-state index contributed by atoms with van der Waals surface area (Å²) in [4.78, 5) is 22.6. The van der Waals surface area contributed by atoms with Crippen LogP contribution in [-0.4, -0.2) is 20.6 Å². The van der Waals surface area contributed by atoms with E-state index in [0.717, 1.165) is 11.3 Å². The first-order valence-corrected chi connectivity index (χ1v) is 6.90. The molecule has 1 aromatic carbocycles. The van der Waals surface area contributed by atoms with Crippen molar-refractivity contribution in [2.45, 2.75) is 26.3 Å². The Bertz CT molecular complexity index is 709. The minimum atomic E-state index is -0.475. The third-order valence-corrected chi connectivity index (χ3v) is 3.66. The third kappa shape index (κ3) is 3.30. The van der Waals surface area contributed by atoms with Crippen molar-refractivity contribution in [3.63, 3.8) is 0 Å². The number of nitrogens with zero attached hydrogens (tertiary/aromatic N) is 3. The predicted octanol–water partition coefficient (Wildman–Crippen LogP) is 2.06. The molecule has 1 amide bonds. The number of aryl methyl sites for hydroxylation is 1. The highest BCUT2D eigenvalue weighted by atomic mass is 16.6. The number of amides is 1. The van der Waals surface area contributed by atoms with E-state index in [0.29, 0.717) is 5.56 Å². The SMILES string of the molecule is Cc1c([C@H](C)NC(=O)Cc2ccccc2[N+](=O)[O-])cnn1C. The van der Waals surface area contributed by atoms with E-state index in [9.17, 15) is 14.9 Å². The minimum Gasteiger partial charge on any atom is -0.349 e. The van der Waals surface area contributed by atoms with E-state index < -0.39 is 4.92 Å². The first kappa shape index (κ1) is 15.7. The van der Waals surface area contributed by atoms with Gasteiger partial charge in [0.25, 0.3) is 5.69 Å². The lowest BCUT2D eigenvalue weighted by Crippen LogP contribution is -2.28. The van der Waals surface area contributed by atoms with Gasteiger partial charge in [-0.05, 0) is 13.8 Å². The van der Waals surface area contributed by atoms with Crippen molar-refractivity contribution in [2.75, 3.05) is 0 Å². The molecule has 2 aromatic rings. The zero-order valence-electron chi connectivity index (χ0n) is 12.7. The number of hydrogen-bond donors (Lipinski definition) is 1. The van der Waals surface area contributed by atoms with Gasteiger partial charge < -0.3 is 5.32 Å². The third-order valence-electron chi connectivity index (χ3n) is 3.66. The van der Waals surface area contributed by atoms with Crippen molar-refractivity contribution in [1.29, 1.82) is 0 Å². The Hall–Kier alpha value is -2.70. The van der Waals surface area contributed by atoms with Crippen LogP contribution in [0, 0.1) is 17.0 Å². The second-order valence-corrected chi connectivity index (χ2v) is 5.16. The number of para-hydroxylation sites is 1. The molecule has 1 aromatic heterocycles. The van der Waals surface area contributed by atoms with Crippen molar-refractivity contribution >= 4 is 11.6 Å². The van der Waals surface area contributed by atoms with E-state index in [1.165, 1.54) is 6.07 Å². The van der Waals surface area contributed by atoms with Gasteiger partial charge in [-0.15, -0.1) is 0 Å². The number of carbonyl (C=O) groups is 1. The molecule has 1 atom stereocenters. The molecule has 2 rings (SSSR count). The van der Waals surface area contributed by atoms with Crippen LogP contribution >= 0.6 is 0 Å². The van der Waals surface area contributed by atoms with Crippen molar-refractivity contribution in [1.82, 2.24) is 15.1 Å². The van der Waals surface area contributed by atoms with Crippen LogP contribution in [0.3, 0.4) is 0 Å². The number of rotatable bonds is 5. The Balaban J connectivity index is 2.08. The fraction of sp³-hybridized carbons (Fsp3) is 0.333. The molecular weight excluding hydrogens is 284 g/mol. The molecule has 0 saturated carbocycles. The second kappa shape index (κ2) is 6.38. The largest absolute Gasteiger partial charge is 0.349 e. The summed E-state index contributed by atoms with van der Waals surface area (Å²) in [5, 5.41) is 17.9. The fourth-order valence-electron chi connectivity index (χ4n) is 2.32. The van der Waals surface area contributed by atoms with Gasteiger partial charge in [0.15, 0.2) is 0 Å². The molecule has 0 saturated heterocycles. The molecule has 0 spiro atoms. The summed E-state index contributed by atoms with van der Waals surface area (Å²) in [6.45, 7) is 3.79. The van der Waals surface area contributed by atoms with Crippen LogP contribution in [0.5, 0.6) is 0 Å². The molecule has 116 valence electrons. The number of hydrogen-bond acceptors (Lipinski definition) is 4. The molecule has 0 fully saturated rings. The molecule has 1 heterocycles. The van der Waals surface area contributed by atoms with Gasteiger partial charge in [-0.25, -0.2) is 0 Å². The maximum absolute atomic E-state index is 12.1. The molecule has 0 aliphatic heterocycles. The first-order chi connectivity index (χ1) is 10.4. The van der Waals surface area contributed by atoms with Crippen LogP contribution in [0.4, 0.5) is 5.69 Å². The van der Waals surface area contributed by atoms with Crippen LogP contribution < -0.4 is 5.32 Å². The van der Waals surface area contributed by atoms with E-state index in [1.807, 2.05) is 20.9 Å². The number of carbonyl (C=O) groups excluding carboxylic acids is 1. The average molecular weight is 302 g/mol. The second-order valence-electron chi connectivity index (χ2n) is 5.16. The summed E-state index contributed by atoms with van der Waals surface area (Å²) in [6.07, 6.45) is 1.69. The van der Waals surface area contributed by atoms with Gasteiger partial charge in [0, 0.05) is 29.9 Å². The summed E-state index contributed by atoms with van der Waals surface area (Å²) < 4.78 is 1.74. The van der Waals surface area contributed by atoms with Crippen LogP contribution in [0.25, 0.3) is 0 Å². The predicted molar refractivity (Wildman–Crippen MR) is 81.3 cm³/mol. The lowest BCUT2D eigenvalue weighted by molar-refractivity contribution is -0.385. The normalized spacial score (nSPS) is 12.0. The molecule has 7 nitrogen and oxygen atoms in total. The van der Waals surface area contributed by atoms with Crippen molar-refractivity contribution < 1.29 is 9.72 Å². The highest BCUT2D eigenvalue weighted by molar-refractivity contribution is 5.80. The quantitative estimate of drug-likeness (QED) is 0.676. The number of benzene rings is 1. The summed E-state index contributed by atoms with van der Waals surface area (Å²) in [5.41, 5.74) is 2.26. The van der Waals surface area contributed by atoms with Gasteiger partial charge >= 0.3 is 0 Å². The smallest absolute Gasteiger partial charge is 0.273 e. The molecule has 0 radical (unpaired) electrons. The standard InChI is InChI=1S/C15H18N4O3/c1-10(13-9-16-18(3)11(13)2)17-15(20)8-12-6-4-5-7-14(12)19(21)22/h4-7,9-10H,8H2,1-3H3,(H,17,20)/t10-/m0/s1. The van der Waals surface area contributed by atoms with Crippen LogP contribution in [0.2, 0.25) is 0 Å². The summed E-state index contributed by atoms with van der Waals surface area (Å²) in [7, 11) is 1.83. The number of aromatic nitrogens is 2. The molecular formula is C15H18N4O3. The Labute approximate surface area is 128 Å². The van der Waals surface area contributed by atoms with Gasteiger partial charge in [-0.3, -0.25) is 19.6 Å². The summed E-state index contributed by atoms with van der Waals surface area (Å²) in [5.74, 6) is -0.259. The van der Waals surface area contributed by atoms with Crippen LogP contribution in [-0.2, 0) is 18.3 Å². The Morgan fingerprint density at radius 3 is 2.73 bits per heavy atom. The van der Waals surface area contributed by atoms with Crippen molar-refractivity contribution in [3.8, 4) is 0 Å². The average Bonchev–Trinajstić information content (AvgIpc) is 2.79. The molecule has 0 bridgehead atoms. The van der Waals surface area contributed by atoms with Gasteiger partial charge in [-0.1, -0.05) is 18.2 Å². The van der Waals surface area contributed by atoms with Gasteiger partial charge in [0.2, 0.25) is 5.91 Å². The first-order valence-electron chi connectivity index (χ1n) is 6.90. The molecule has 22 heavy (non-hydrogen) atoms. The van der Waals surface area contributed by atoms with E-state index in [-0.39, 0.29) is 24.1 Å². The fourth-order valence-corrected chi connectivity index (χ4v) is 2.32. The monoisotopic (exact) mass is 302 g/mol. The van der Waals surface area contributed by atoms with E-state index in [2.05, 4.69) is 10.4 Å². The molecule has 0 unspecified atom stereocenters. The topological polar surface area (TPSA) is 90.1 Å². The number of nitrogens with one attached hydrogen (secondary N) is 1. The Morgan fingerprint density at radius 1 is 1.45 bits per heavy atom. The van der Waals surface area contributed by atoms with Crippen molar-refractivity contribution in [3.05, 3.63) is 57.4 Å². The van der Waals surface area contributed by atoms with Gasteiger partial charge in [0.1, 0.15) is 0 Å². The lowest BCUT2D eigenvalue weighted by atomic mass is 10.1. The van der Waals surface area contributed by atoms with E-state index in [1.54, 1.807) is 29.1 Å². The van der Waals surface area contributed by atoms with Crippen LogP contribution in [0.1, 0.15) is 29.8 Å². The van der Waals surface area contributed by atoms with E-state index in [4.69, 9.17) is 0 Å². The Kier molecular flexibility index (Phi) is 4.55. The zero-order chi connectivity index (χ0) is 16.3. The van der Waals surface area contributed by atoms with Gasteiger partial charge in [-0.2, -0.15) is 5.10 Å². The number of nitro groups is 1. The lowest BCUT2D eigenvalue weighted by Gasteiger charge is -2.13. The Morgan fingerprint density at radius 2 is 2.14 bits per heavy atom. The van der Waals surface area contributed by atoms with E-state index >= 15 is 0 Å². The van der Waals surface area contributed by atoms with Crippen LogP contribution in [0.15, 0.2) is 30.5 Å². The van der Waals surface area contributed by atoms with Gasteiger partial charge in [0.05, 0.1) is 23.6 Å². The number of nitro benzene ring substituents is 1. The molecule has 0 aliphatic rings. The highest BCUT2D eigenvalue weighted by Crippen LogP contribution is 2.19. The summed E-state index contributed by atoms with van der Waals surface area (Å²) in [6, 6.07) is 6.06. The minimum absolute atomic E-state index is 0.0270. The molecule has 7 heteroatoms. The maximum Gasteiger partial charge on any atom is 0.273 e. The molecule has 1 N–H and O–H groups in total.